The fraction of sp³-hybridized carbons (Fsp3) is 0.424. The molecule has 9 rings (SSSR count). The minimum absolute atomic E-state index is 0.0187. The van der Waals surface area contributed by atoms with Gasteiger partial charge in [0.15, 0.2) is 6.10 Å². The molecule has 2 unspecified atom stereocenters. The zero-order valence-electron chi connectivity index (χ0n) is 52.0. The van der Waals surface area contributed by atoms with Crippen LogP contribution in [0.2, 0.25) is 0 Å². The van der Waals surface area contributed by atoms with Crippen LogP contribution in [0.15, 0.2) is 145 Å². The molecule has 0 spiro atoms. The van der Waals surface area contributed by atoms with Gasteiger partial charge in [-0.15, -0.1) is 0 Å². The summed E-state index contributed by atoms with van der Waals surface area (Å²) in [4.78, 5) is 42.5. The summed E-state index contributed by atoms with van der Waals surface area (Å²) in [6, 6.07) is 43.9. The Morgan fingerprint density at radius 3 is 1.87 bits per heavy atom. The lowest BCUT2D eigenvalue weighted by Crippen LogP contribution is -2.65. The molecule has 3 aliphatic rings. The highest BCUT2D eigenvalue weighted by atomic mass is 31.2. The number of quaternary nitrogens is 1. The first-order valence-electron chi connectivity index (χ1n) is 30.5. The number of amides is 2. The van der Waals surface area contributed by atoms with Crippen LogP contribution in [-0.4, -0.2) is 157 Å². The molecule has 3 aliphatic heterocycles. The van der Waals surface area contributed by atoms with Gasteiger partial charge in [0.1, 0.15) is 35.4 Å². The summed E-state index contributed by atoms with van der Waals surface area (Å²) in [5.74, 6) is -1.27. The van der Waals surface area contributed by atoms with E-state index in [0.29, 0.717) is 53.3 Å². The number of hydrogen-bond acceptors (Lipinski definition) is 19. The molecule has 4 heterocycles. The highest BCUT2D eigenvalue weighted by Crippen LogP contribution is 2.54. The predicted octanol–water partition coefficient (Wildman–Crippen LogP) is 10.7. The van der Waals surface area contributed by atoms with Crippen LogP contribution in [0.4, 0.5) is 46.8 Å². The third-order valence-corrected chi connectivity index (χ3v) is 18.1. The van der Waals surface area contributed by atoms with Gasteiger partial charge in [0.2, 0.25) is 30.4 Å². The molecule has 22 nitrogen and oxygen atoms in total. The number of benzene rings is 5. The second-order valence-electron chi connectivity index (χ2n) is 22.7. The largest absolute Gasteiger partial charge is 0.497 e. The number of fused-ring (bicyclic) bond motifs is 1. The standard InChI is InChI=1S/C66H77F3N9O13P/c1-43(2)77(44(3)4)92(87-38-20-35-70)91-58-54(41-86-65(45-21-12-9-13-22-45,46-27-31-50(84-5)32-28-46)47-29-33-51(85-6)34-30-47)89-61(57(58)81)78(55-39-52(80)53(40-79)88-55)42-73-56-59(78)74-63(72-37-19-8-7-18-36-71-62(82)66(67,68)69)75-60(56)90-64(83)76(48-23-14-10-15-24-48)49-25-16-11-17-26-49/h9-17,21-34,42-44,52-55,57-58,61,79-81H,7-8,18-20,36-41H2,1-6H3,(H-,71,72,74,75,82)/p+1/t52-,53+,54+,55-,57+,58+,61+,78?,92?/m0/s1. The second kappa shape index (κ2) is 31.3. The van der Waals surface area contributed by atoms with E-state index >= 15 is 0 Å². The van der Waals surface area contributed by atoms with Crippen molar-refractivity contribution in [2.24, 2.45) is 4.99 Å². The Hall–Kier alpha value is -7.70. The van der Waals surface area contributed by atoms with Crippen LogP contribution in [0.3, 0.4) is 0 Å². The molecule has 9 atom stereocenters. The van der Waals surface area contributed by atoms with Gasteiger partial charge < -0.3 is 63.4 Å². The Morgan fingerprint density at radius 2 is 1.34 bits per heavy atom. The first-order valence-corrected chi connectivity index (χ1v) is 31.6. The number of carbonyl (C=O) groups excluding carboxylic acids is 2. The number of anilines is 3. The number of aromatic nitrogens is 2. The third-order valence-electron chi connectivity index (χ3n) is 16.0. The molecular formula is C66H78F3N9O13P+. The number of nitrogens with zero attached hydrogens (tertiary/aromatic N) is 7. The molecule has 490 valence electrons. The highest BCUT2D eigenvalue weighted by molar-refractivity contribution is 7.44. The van der Waals surface area contributed by atoms with Crippen molar-refractivity contribution in [2.45, 2.75) is 133 Å². The number of methoxy groups -OCH3 is 2. The maximum absolute atomic E-state index is 15.0. The van der Waals surface area contributed by atoms with Gasteiger partial charge in [0.25, 0.3) is 20.2 Å². The maximum atomic E-state index is 15.0. The number of nitriles is 1. The topological polar surface area (TPSA) is 261 Å². The van der Waals surface area contributed by atoms with E-state index < -0.39 is 86.4 Å². The van der Waals surface area contributed by atoms with Crippen LogP contribution in [0.5, 0.6) is 17.4 Å². The first-order chi connectivity index (χ1) is 44.4. The smallest absolute Gasteiger partial charge is 0.471 e. The van der Waals surface area contributed by atoms with Crippen LogP contribution in [-0.2, 0) is 33.7 Å². The van der Waals surface area contributed by atoms with Crippen molar-refractivity contribution >= 4 is 55.7 Å². The van der Waals surface area contributed by atoms with Gasteiger partial charge in [-0.25, -0.2) is 14.4 Å². The molecule has 0 saturated carbocycles. The number of unbranched alkanes of at least 4 members (excludes halogenated alkanes) is 3. The number of para-hydroxylation sites is 2. The lowest BCUT2D eigenvalue weighted by Gasteiger charge is -2.40. The molecule has 0 bridgehead atoms. The molecular weight excluding hydrogens is 1210 g/mol. The number of nitrogens with one attached hydrogen (secondary N) is 2. The van der Waals surface area contributed by atoms with Crippen LogP contribution in [0, 0.1) is 11.3 Å². The van der Waals surface area contributed by atoms with E-state index in [2.05, 4.69) is 11.4 Å². The molecule has 2 amide bonds. The number of halogens is 3. The van der Waals surface area contributed by atoms with Crippen molar-refractivity contribution in [2.75, 3.05) is 57.3 Å². The zero-order valence-corrected chi connectivity index (χ0v) is 52.9. The van der Waals surface area contributed by atoms with Crippen LogP contribution in [0.25, 0.3) is 0 Å². The average molecular weight is 1290 g/mol. The van der Waals surface area contributed by atoms with Gasteiger partial charge in [0, 0.05) is 25.2 Å². The number of alkyl halides is 3. The molecule has 2 fully saturated rings. The number of ether oxygens (including phenoxy) is 6. The summed E-state index contributed by atoms with van der Waals surface area (Å²) in [5.41, 5.74) is 1.49. The van der Waals surface area contributed by atoms with Crippen molar-refractivity contribution in [3.63, 3.8) is 0 Å². The van der Waals surface area contributed by atoms with Crippen molar-refractivity contribution in [3.05, 3.63) is 156 Å². The van der Waals surface area contributed by atoms with E-state index in [1.54, 1.807) is 74.9 Å². The zero-order chi connectivity index (χ0) is 65.6. The summed E-state index contributed by atoms with van der Waals surface area (Å²) in [6.07, 6.45) is -12.4. The van der Waals surface area contributed by atoms with Crippen molar-refractivity contribution < 1.29 is 75.5 Å². The van der Waals surface area contributed by atoms with Gasteiger partial charge in [-0.1, -0.05) is 104 Å². The van der Waals surface area contributed by atoms with E-state index in [4.69, 9.17) is 52.4 Å². The fourth-order valence-corrected chi connectivity index (χ4v) is 13.4. The molecule has 5 N–H and O–H groups in total. The Balaban J connectivity index is 1.18. The van der Waals surface area contributed by atoms with Gasteiger partial charge in [-0.2, -0.15) is 37.9 Å². The minimum atomic E-state index is -5.00. The SMILES string of the molecule is COc1ccc(C(OC[C@H]2O[C@@H]([N+]3([C@@H]4C[C@H](O)[C@@H](CO)O4)C=Nc4c(OC(=O)N(c5ccccc5)c5ccccc5)nc(NCCCCCCNC(=O)C(F)(F)F)nc43)[C@H](O)[C@@H]2OP(OCCC#N)N(C(C)C)C(C)C)(c2ccccc2)c2ccc(OC)cc2)cc1. The fourth-order valence-electron chi connectivity index (χ4n) is 11.6. The van der Waals surface area contributed by atoms with Gasteiger partial charge in [0.05, 0.1) is 70.4 Å². The first kappa shape index (κ1) is 68.7. The third kappa shape index (κ3) is 15.3. The Morgan fingerprint density at radius 1 is 0.772 bits per heavy atom. The van der Waals surface area contributed by atoms with Crippen molar-refractivity contribution in [1.82, 2.24) is 24.4 Å². The molecule has 92 heavy (non-hydrogen) atoms. The normalized spacial score (nSPS) is 21.5. The van der Waals surface area contributed by atoms with Gasteiger partial charge >= 0.3 is 18.2 Å². The maximum Gasteiger partial charge on any atom is 0.471 e. The van der Waals surface area contributed by atoms with Crippen LogP contribution < -0.4 is 34.2 Å². The van der Waals surface area contributed by atoms with Gasteiger partial charge in [-0.3, -0.25) is 4.79 Å². The molecule has 0 radical (unpaired) electrons. The minimum Gasteiger partial charge on any atom is -0.497 e. The lowest BCUT2D eigenvalue weighted by molar-refractivity contribution is -0.173. The number of rotatable bonds is 30. The summed E-state index contributed by atoms with van der Waals surface area (Å²) < 4.78 is 92.7. The number of aliphatic hydroxyl groups is 3. The summed E-state index contributed by atoms with van der Waals surface area (Å²) >= 11 is 0. The van der Waals surface area contributed by atoms with Gasteiger partial charge in [-0.05, 0) is 106 Å². The Labute approximate surface area is 534 Å². The van der Waals surface area contributed by atoms with Crippen LogP contribution >= 0.6 is 8.53 Å². The Kier molecular flexibility index (Phi) is 23.3. The number of hydrogen-bond donors (Lipinski definition) is 5. The number of aliphatic hydroxyl groups excluding tert-OH is 3. The summed E-state index contributed by atoms with van der Waals surface area (Å²) in [6.45, 7) is 6.99. The lowest BCUT2D eigenvalue weighted by atomic mass is 9.80. The van der Waals surface area contributed by atoms with E-state index in [1.165, 1.54) is 11.2 Å². The average Bonchev–Trinajstić information content (AvgIpc) is 1.53. The number of aliphatic imine (C=N–C) groups is 1. The quantitative estimate of drug-likeness (QED) is 0.0121. The molecule has 26 heteroatoms. The summed E-state index contributed by atoms with van der Waals surface area (Å²) in [7, 11) is 1.03. The highest BCUT2D eigenvalue weighted by Gasteiger charge is 2.65. The molecule has 0 aliphatic carbocycles. The molecule has 5 aromatic carbocycles. The number of carbonyl (C=O) groups is 2. The van der Waals surface area contributed by atoms with Crippen molar-refractivity contribution in [1.29, 1.82) is 5.26 Å². The monoisotopic (exact) mass is 1290 g/mol. The van der Waals surface area contributed by atoms with E-state index in [-0.39, 0.29) is 81.0 Å². The molecule has 2 saturated heterocycles. The molecule has 6 aromatic rings. The van der Waals surface area contributed by atoms with Crippen LogP contribution in [0.1, 0.15) is 82.9 Å². The van der Waals surface area contributed by atoms with E-state index in [1.807, 2.05) is 117 Å². The van der Waals surface area contributed by atoms with Crippen molar-refractivity contribution in [3.8, 4) is 23.4 Å². The predicted molar refractivity (Wildman–Crippen MR) is 338 cm³/mol. The van der Waals surface area contributed by atoms with E-state index in [9.17, 15) is 43.3 Å². The second-order valence-corrected chi connectivity index (χ2v) is 24.1. The Bertz CT molecular complexity index is 3340. The molecule has 1 aromatic heterocycles. The summed E-state index contributed by atoms with van der Waals surface area (Å²) in [5, 5.41) is 50.9. The van der Waals surface area contributed by atoms with E-state index in [0.717, 1.165) is 5.56 Å².